The van der Waals surface area contributed by atoms with E-state index in [1.807, 2.05) is 13.8 Å². The molecule has 1 atom stereocenters. The van der Waals surface area contributed by atoms with Crippen molar-refractivity contribution >= 4 is 5.91 Å². The van der Waals surface area contributed by atoms with Crippen LogP contribution in [0, 0.1) is 12.8 Å². The maximum atomic E-state index is 11.7. The Morgan fingerprint density at radius 1 is 1.62 bits per heavy atom. The second kappa shape index (κ2) is 5.60. The molecule has 90 valence electrons. The van der Waals surface area contributed by atoms with Gasteiger partial charge in [0.15, 0.2) is 5.82 Å². The molecule has 1 heterocycles. The number of nitrogens with zero attached hydrogens (tertiary/aromatic N) is 3. The first-order valence-electron chi connectivity index (χ1n) is 5.34. The van der Waals surface area contributed by atoms with Crippen molar-refractivity contribution in [3.8, 4) is 0 Å². The average Bonchev–Trinajstić information content (AvgIpc) is 2.63. The lowest BCUT2D eigenvalue weighted by atomic mass is 10.1. The van der Waals surface area contributed by atoms with Crippen LogP contribution in [0.1, 0.15) is 25.0 Å². The van der Waals surface area contributed by atoms with Crippen LogP contribution in [0.4, 0.5) is 0 Å². The Morgan fingerprint density at radius 3 is 2.81 bits per heavy atom. The summed E-state index contributed by atoms with van der Waals surface area (Å²) in [5.74, 6) is 1.67. The van der Waals surface area contributed by atoms with E-state index < -0.39 is 0 Å². The van der Waals surface area contributed by atoms with Crippen LogP contribution in [-0.2, 0) is 11.3 Å². The van der Waals surface area contributed by atoms with E-state index in [-0.39, 0.29) is 11.8 Å². The van der Waals surface area contributed by atoms with Gasteiger partial charge in [-0.15, -0.1) is 0 Å². The zero-order chi connectivity index (χ0) is 12.1. The first kappa shape index (κ1) is 12.6. The molecule has 1 aromatic rings. The van der Waals surface area contributed by atoms with Crippen molar-refractivity contribution in [1.82, 2.24) is 20.1 Å². The van der Waals surface area contributed by atoms with E-state index in [4.69, 9.17) is 5.73 Å². The van der Waals surface area contributed by atoms with Crippen molar-refractivity contribution in [2.45, 2.75) is 26.8 Å². The van der Waals surface area contributed by atoms with Crippen LogP contribution < -0.4 is 5.73 Å². The second-order valence-electron chi connectivity index (χ2n) is 4.13. The van der Waals surface area contributed by atoms with E-state index in [1.54, 1.807) is 11.9 Å². The summed E-state index contributed by atoms with van der Waals surface area (Å²) in [6.45, 7) is 4.75. The molecule has 16 heavy (non-hydrogen) atoms. The molecule has 1 aromatic heterocycles. The SMILES string of the molecule is Cc1nc(CN(C)C(=O)CC(C)CN)n[nH]1. The lowest BCUT2D eigenvalue weighted by Gasteiger charge is -2.17. The highest BCUT2D eigenvalue weighted by atomic mass is 16.2. The maximum Gasteiger partial charge on any atom is 0.223 e. The Balaban J connectivity index is 2.45. The van der Waals surface area contributed by atoms with Crippen molar-refractivity contribution in [1.29, 1.82) is 0 Å². The number of nitrogens with one attached hydrogen (secondary N) is 1. The minimum atomic E-state index is 0.0698. The summed E-state index contributed by atoms with van der Waals surface area (Å²) in [5.41, 5.74) is 5.48. The Kier molecular flexibility index (Phi) is 4.42. The van der Waals surface area contributed by atoms with E-state index in [2.05, 4.69) is 15.2 Å². The Labute approximate surface area is 95.2 Å². The van der Waals surface area contributed by atoms with Crippen molar-refractivity contribution in [2.75, 3.05) is 13.6 Å². The third kappa shape index (κ3) is 3.62. The first-order valence-corrected chi connectivity index (χ1v) is 5.34. The van der Waals surface area contributed by atoms with Gasteiger partial charge in [-0.25, -0.2) is 4.98 Å². The molecule has 0 fully saturated rings. The Bertz CT molecular complexity index is 349. The van der Waals surface area contributed by atoms with Crippen molar-refractivity contribution in [2.24, 2.45) is 11.7 Å². The normalized spacial score (nSPS) is 12.5. The number of aryl methyl sites for hydroxylation is 1. The van der Waals surface area contributed by atoms with E-state index in [0.29, 0.717) is 25.3 Å². The molecule has 0 saturated carbocycles. The summed E-state index contributed by atoms with van der Waals surface area (Å²) in [7, 11) is 1.75. The fourth-order valence-electron chi connectivity index (χ4n) is 1.30. The highest BCUT2D eigenvalue weighted by Gasteiger charge is 2.14. The van der Waals surface area contributed by atoms with Crippen LogP contribution in [0.2, 0.25) is 0 Å². The predicted octanol–water partition coefficient (Wildman–Crippen LogP) is 0.0564. The minimum Gasteiger partial charge on any atom is -0.338 e. The number of amides is 1. The largest absolute Gasteiger partial charge is 0.338 e. The van der Waals surface area contributed by atoms with Gasteiger partial charge < -0.3 is 10.6 Å². The molecule has 0 aromatic carbocycles. The number of rotatable bonds is 5. The number of aromatic amines is 1. The van der Waals surface area contributed by atoms with Crippen molar-refractivity contribution < 1.29 is 4.79 Å². The predicted molar refractivity (Wildman–Crippen MR) is 60.4 cm³/mol. The van der Waals surface area contributed by atoms with Gasteiger partial charge in [0.2, 0.25) is 5.91 Å². The van der Waals surface area contributed by atoms with Gasteiger partial charge in [0.25, 0.3) is 0 Å². The molecule has 6 nitrogen and oxygen atoms in total. The molecule has 3 N–H and O–H groups in total. The number of H-pyrrole nitrogens is 1. The molecular formula is C10H19N5O. The van der Waals surface area contributed by atoms with Crippen LogP contribution >= 0.6 is 0 Å². The highest BCUT2D eigenvalue weighted by Crippen LogP contribution is 2.05. The number of hydrogen-bond acceptors (Lipinski definition) is 4. The van der Waals surface area contributed by atoms with Gasteiger partial charge in [0, 0.05) is 13.5 Å². The first-order chi connectivity index (χ1) is 7.52. The molecule has 0 aliphatic rings. The number of nitrogens with two attached hydrogens (primary N) is 1. The fourth-order valence-corrected chi connectivity index (χ4v) is 1.30. The molecule has 6 heteroatoms. The molecule has 0 aliphatic heterocycles. The van der Waals surface area contributed by atoms with Gasteiger partial charge in [-0.1, -0.05) is 6.92 Å². The van der Waals surface area contributed by atoms with Crippen molar-refractivity contribution in [3.63, 3.8) is 0 Å². The van der Waals surface area contributed by atoms with E-state index in [1.165, 1.54) is 0 Å². The lowest BCUT2D eigenvalue weighted by Crippen LogP contribution is -2.29. The highest BCUT2D eigenvalue weighted by molar-refractivity contribution is 5.76. The summed E-state index contributed by atoms with van der Waals surface area (Å²) >= 11 is 0. The summed E-state index contributed by atoms with van der Waals surface area (Å²) in [5, 5.41) is 6.73. The fraction of sp³-hybridized carbons (Fsp3) is 0.700. The zero-order valence-corrected chi connectivity index (χ0v) is 10.0. The smallest absolute Gasteiger partial charge is 0.223 e. The molecule has 0 radical (unpaired) electrons. The third-order valence-electron chi connectivity index (χ3n) is 2.37. The summed E-state index contributed by atoms with van der Waals surface area (Å²) in [6.07, 6.45) is 0.469. The molecule has 0 bridgehead atoms. The maximum absolute atomic E-state index is 11.7. The average molecular weight is 225 g/mol. The van der Waals surface area contributed by atoms with Crippen LogP contribution in [0.25, 0.3) is 0 Å². The lowest BCUT2D eigenvalue weighted by molar-refractivity contribution is -0.131. The summed E-state index contributed by atoms with van der Waals surface area (Å²) in [6, 6.07) is 0. The number of hydrogen-bond donors (Lipinski definition) is 2. The van der Waals surface area contributed by atoms with Gasteiger partial charge >= 0.3 is 0 Å². The third-order valence-corrected chi connectivity index (χ3v) is 2.37. The Morgan fingerprint density at radius 2 is 2.31 bits per heavy atom. The van der Waals surface area contributed by atoms with Crippen LogP contribution in [-0.4, -0.2) is 39.6 Å². The minimum absolute atomic E-state index is 0.0698. The summed E-state index contributed by atoms with van der Waals surface area (Å²) in [4.78, 5) is 17.5. The molecule has 1 rings (SSSR count). The number of carbonyl (C=O) groups is 1. The van der Waals surface area contributed by atoms with E-state index >= 15 is 0 Å². The van der Waals surface area contributed by atoms with Crippen LogP contribution in [0.5, 0.6) is 0 Å². The van der Waals surface area contributed by atoms with E-state index in [9.17, 15) is 4.79 Å². The topological polar surface area (TPSA) is 87.9 Å². The standard InChI is InChI=1S/C10H19N5O/c1-7(5-11)4-10(16)15(3)6-9-12-8(2)13-14-9/h7H,4-6,11H2,1-3H3,(H,12,13,14). The molecule has 1 amide bonds. The van der Waals surface area contributed by atoms with E-state index in [0.717, 1.165) is 5.82 Å². The molecule has 1 unspecified atom stereocenters. The molecule has 0 saturated heterocycles. The second-order valence-corrected chi connectivity index (χ2v) is 4.13. The zero-order valence-electron chi connectivity index (χ0n) is 10.0. The van der Waals surface area contributed by atoms with Crippen LogP contribution in [0.3, 0.4) is 0 Å². The monoisotopic (exact) mass is 225 g/mol. The van der Waals surface area contributed by atoms with Gasteiger partial charge in [0.05, 0.1) is 6.54 Å². The van der Waals surface area contributed by atoms with Gasteiger partial charge in [-0.2, -0.15) is 5.10 Å². The molecular weight excluding hydrogens is 206 g/mol. The Hall–Kier alpha value is -1.43. The van der Waals surface area contributed by atoms with Gasteiger partial charge in [-0.05, 0) is 19.4 Å². The number of carbonyl (C=O) groups excluding carboxylic acids is 1. The van der Waals surface area contributed by atoms with Gasteiger partial charge in [0.1, 0.15) is 5.82 Å². The van der Waals surface area contributed by atoms with Crippen LogP contribution in [0.15, 0.2) is 0 Å². The van der Waals surface area contributed by atoms with Gasteiger partial charge in [-0.3, -0.25) is 9.89 Å². The molecule has 0 aliphatic carbocycles. The summed E-state index contributed by atoms with van der Waals surface area (Å²) < 4.78 is 0. The number of aromatic nitrogens is 3. The quantitative estimate of drug-likeness (QED) is 0.741. The molecule has 0 spiro atoms. The van der Waals surface area contributed by atoms with Crippen molar-refractivity contribution in [3.05, 3.63) is 11.6 Å².